The molecule has 0 saturated heterocycles. The highest BCUT2D eigenvalue weighted by molar-refractivity contribution is 6.16. The van der Waals surface area contributed by atoms with Crippen molar-refractivity contribution in [2.45, 2.75) is 40.2 Å². The number of ether oxygens (including phenoxy) is 2. The molecule has 1 fully saturated rings. The Morgan fingerprint density at radius 3 is 2.63 bits per heavy atom. The molecule has 0 atom stereocenters. The topological polar surface area (TPSA) is 57.1 Å². The first-order valence-electron chi connectivity index (χ1n) is 10.3. The quantitative estimate of drug-likeness (QED) is 0.247. The SMILES string of the molecule is CC=C(C(=O)OC)c1ccccc1COc1cc(C)c(C=NOCC2CC2)cc1C. The summed E-state index contributed by atoms with van der Waals surface area (Å²) >= 11 is 0. The fraction of sp³-hybridized carbons (Fsp3) is 0.360. The van der Waals surface area contributed by atoms with Gasteiger partial charge in [-0.15, -0.1) is 0 Å². The number of oxime groups is 1. The number of hydrogen-bond donors (Lipinski definition) is 0. The number of esters is 1. The van der Waals surface area contributed by atoms with E-state index in [-0.39, 0.29) is 5.97 Å². The van der Waals surface area contributed by atoms with Gasteiger partial charge in [0.1, 0.15) is 19.0 Å². The smallest absolute Gasteiger partial charge is 0.338 e. The number of hydrogen-bond acceptors (Lipinski definition) is 5. The molecule has 0 aliphatic heterocycles. The van der Waals surface area contributed by atoms with Gasteiger partial charge in [-0.25, -0.2) is 4.79 Å². The molecular weight excluding hydrogens is 378 g/mol. The second kappa shape index (κ2) is 10.1. The molecule has 0 amide bonds. The summed E-state index contributed by atoms with van der Waals surface area (Å²) in [5.41, 5.74) is 5.36. The third-order valence-electron chi connectivity index (χ3n) is 5.22. The Morgan fingerprint density at radius 1 is 1.17 bits per heavy atom. The van der Waals surface area contributed by atoms with Crippen LogP contribution in [0.1, 0.15) is 47.6 Å². The van der Waals surface area contributed by atoms with E-state index in [1.807, 2.05) is 57.2 Å². The van der Waals surface area contributed by atoms with Crippen molar-refractivity contribution in [2.24, 2.45) is 11.1 Å². The number of allylic oxidation sites excluding steroid dienone is 1. The van der Waals surface area contributed by atoms with Crippen molar-refractivity contribution in [3.63, 3.8) is 0 Å². The summed E-state index contributed by atoms with van der Waals surface area (Å²) in [5.74, 6) is 1.13. The van der Waals surface area contributed by atoms with Crippen LogP contribution in [0.25, 0.3) is 5.57 Å². The van der Waals surface area contributed by atoms with Crippen molar-refractivity contribution in [3.05, 3.63) is 70.3 Å². The van der Waals surface area contributed by atoms with Crippen molar-refractivity contribution in [1.82, 2.24) is 0 Å². The fourth-order valence-electron chi connectivity index (χ4n) is 3.19. The highest BCUT2D eigenvalue weighted by Gasteiger charge is 2.21. The van der Waals surface area contributed by atoms with E-state index < -0.39 is 0 Å². The minimum Gasteiger partial charge on any atom is -0.489 e. The second-order valence-corrected chi connectivity index (χ2v) is 7.59. The number of carbonyl (C=O) groups excluding carboxylic acids is 1. The second-order valence-electron chi connectivity index (χ2n) is 7.59. The third kappa shape index (κ3) is 5.50. The van der Waals surface area contributed by atoms with E-state index in [0.717, 1.165) is 33.6 Å². The molecule has 0 aromatic heterocycles. The van der Waals surface area contributed by atoms with E-state index in [1.165, 1.54) is 20.0 Å². The van der Waals surface area contributed by atoms with Crippen molar-refractivity contribution in [1.29, 1.82) is 0 Å². The first kappa shape index (κ1) is 21.6. The average Bonchev–Trinajstić information content (AvgIpc) is 3.58. The van der Waals surface area contributed by atoms with Gasteiger partial charge in [0.15, 0.2) is 0 Å². The van der Waals surface area contributed by atoms with Crippen LogP contribution in [0.4, 0.5) is 0 Å². The molecule has 1 aliphatic rings. The van der Waals surface area contributed by atoms with Crippen LogP contribution in [0.15, 0.2) is 47.6 Å². The van der Waals surface area contributed by atoms with Crippen LogP contribution >= 0.6 is 0 Å². The predicted molar refractivity (Wildman–Crippen MR) is 119 cm³/mol. The molecule has 0 unspecified atom stereocenters. The van der Waals surface area contributed by atoms with E-state index in [9.17, 15) is 4.79 Å². The Kier molecular flexibility index (Phi) is 7.28. The third-order valence-corrected chi connectivity index (χ3v) is 5.22. The van der Waals surface area contributed by atoms with Crippen molar-refractivity contribution in [3.8, 4) is 5.75 Å². The van der Waals surface area contributed by atoms with Crippen LogP contribution in [0, 0.1) is 19.8 Å². The number of rotatable bonds is 9. The van der Waals surface area contributed by atoms with Crippen LogP contribution in [0.3, 0.4) is 0 Å². The zero-order valence-electron chi connectivity index (χ0n) is 18.1. The minimum atomic E-state index is -0.357. The highest BCUT2D eigenvalue weighted by atomic mass is 16.6. The lowest BCUT2D eigenvalue weighted by molar-refractivity contribution is -0.133. The average molecular weight is 408 g/mol. The standard InChI is InChI=1S/C25H29NO4/c1-5-22(25(27)28-4)23-9-7-6-8-20(23)16-29-24-13-17(2)21(12-18(24)3)14-26-30-15-19-10-11-19/h5-9,12-14,19H,10-11,15-16H2,1-4H3. The summed E-state index contributed by atoms with van der Waals surface area (Å²) in [6.07, 6.45) is 6.02. The number of benzene rings is 2. The van der Waals surface area contributed by atoms with E-state index in [2.05, 4.69) is 5.16 Å². The molecule has 30 heavy (non-hydrogen) atoms. The molecule has 0 N–H and O–H groups in total. The van der Waals surface area contributed by atoms with E-state index in [1.54, 1.807) is 12.3 Å². The molecule has 0 heterocycles. The van der Waals surface area contributed by atoms with Crippen LogP contribution in [-0.2, 0) is 21.0 Å². The van der Waals surface area contributed by atoms with Crippen molar-refractivity contribution in [2.75, 3.05) is 13.7 Å². The van der Waals surface area contributed by atoms with Gasteiger partial charge in [0.25, 0.3) is 0 Å². The van der Waals surface area contributed by atoms with E-state index >= 15 is 0 Å². The lowest BCUT2D eigenvalue weighted by atomic mass is 10.00. The summed E-state index contributed by atoms with van der Waals surface area (Å²) in [6, 6.07) is 11.8. The minimum absolute atomic E-state index is 0.350. The Morgan fingerprint density at radius 2 is 1.93 bits per heavy atom. The Bertz CT molecular complexity index is 958. The monoisotopic (exact) mass is 407 g/mol. The molecule has 5 nitrogen and oxygen atoms in total. The van der Waals surface area contributed by atoms with Gasteiger partial charge in [0, 0.05) is 0 Å². The van der Waals surface area contributed by atoms with Crippen LogP contribution in [-0.4, -0.2) is 25.9 Å². The Balaban J connectivity index is 1.71. The molecule has 2 aromatic rings. The van der Waals surface area contributed by atoms with Gasteiger partial charge in [0.05, 0.1) is 18.9 Å². The largest absolute Gasteiger partial charge is 0.489 e. The predicted octanol–water partition coefficient (Wildman–Crippen LogP) is 5.22. The molecule has 158 valence electrons. The number of methoxy groups -OCH3 is 1. The first-order valence-corrected chi connectivity index (χ1v) is 10.3. The van der Waals surface area contributed by atoms with Crippen LogP contribution in [0.5, 0.6) is 5.75 Å². The fourth-order valence-corrected chi connectivity index (χ4v) is 3.19. The lowest BCUT2D eigenvalue weighted by Gasteiger charge is -2.15. The van der Waals surface area contributed by atoms with Crippen LogP contribution in [0.2, 0.25) is 0 Å². The zero-order valence-corrected chi connectivity index (χ0v) is 18.1. The molecule has 0 radical (unpaired) electrons. The molecule has 5 heteroatoms. The maximum atomic E-state index is 12.1. The van der Waals surface area contributed by atoms with Gasteiger partial charge in [-0.2, -0.15) is 0 Å². The molecule has 3 rings (SSSR count). The van der Waals surface area contributed by atoms with Crippen molar-refractivity contribution >= 4 is 17.8 Å². The lowest BCUT2D eigenvalue weighted by Crippen LogP contribution is -2.08. The molecule has 2 aromatic carbocycles. The van der Waals surface area contributed by atoms with E-state index in [0.29, 0.717) is 24.7 Å². The molecule has 0 spiro atoms. The van der Waals surface area contributed by atoms with Gasteiger partial charge in [-0.05, 0) is 79.5 Å². The maximum Gasteiger partial charge on any atom is 0.338 e. The van der Waals surface area contributed by atoms with Crippen LogP contribution < -0.4 is 4.74 Å². The van der Waals surface area contributed by atoms with Gasteiger partial charge in [0.2, 0.25) is 0 Å². The van der Waals surface area contributed by atoms with Gasteiger partial charge in [-0.1, -0.05) is 35.5 Å². The van der Waals surface area contributed by atoms with E-state index in [4.69, 9.17) is 14.3 Å². The Labute approximate surface area is 178 Å². The van der Waals surface area contributed by atoms with Crippen molar-refractivity contribution < 1.29 is 19.1 Å². The summed E-state index contributed by atoms with van der Waals surface area (Å²) in [7, 11) is 1.39. The molecule has 0 bridgehead atoms. The maximum absolute atomic E-state index is 12.1. The normalized spacial score (nSPS) is 14.1. The summed E-state index contributed by atoms with van der Waals surface area (Å²) in [5, 5.41) is 4.10. The number of aryl methyl sites for hydroxylation is 2. The summed E-state index contributed by atoms with van der Waals surface area (Å²) < 4.78 is 11.0. The first-order chi connectivity index (χ1) is 14.5. The molecule has 1 saturated carbocycles. The van der Waals surface area contributed by atoms with Gasteiger partial charge >= 0.3 is 5.97 Å². The molecular formula is C25H29NO4. The summed E-state index contributed by atoms with van der Waals surface area (Å²) in [4.78, 5) is 17.5. The summed E-state index contributed by atoms with van der Waals surface area (Å²) in [6.45, 7) is 6.91. The van der Waals surface area contributed by atoms with Gasteiger partial charge < -0.3 is 14.3 Å². The Hall–Kier alpha value is -3.08. The molecule has 1 aliphatic carbocycles. The zero-order chi connectivity index (χ0) is 21.5. The van der Waals surface area contributed by atoms with Gasteiger partial charge in [-0.3, -0.25) is 0 Å². The highest BCUT2D eigenvalue weighted by Crippen LogP contribution is 2.29. The number of nitrogens with zero attached hydrogens (tertiary/aromatic N) is 1. The number of carbonyl (C=O) groups is 1.